The van der Waals surface area contributed by atoms with Gasteiger partial charge in [-0.05, 0) is 36.1 Å². The Labute approximate surface area is 76.7 Å². The van der Waals surface area contributed by atoms with Crippen LogP contribution in [0.15, 0.2) is 18.2 Å². The highest BCUT2D eigenvalue weighted by Crippen LogP contribution is 2.31. The summed E-state index contributed by atoms with van der Waals surface area (Å²) in [7, 11) is 1.58. The van der Waals surface area contributed by atoms with Gasteiger partial charge in [-0.25, -0.2) is 4.39 Å². The molecule has 0 amide bonds. The zero-order chi connectivity index (χ0) is 9.26. The molecule has 0 aliphatic heterocycles. The molecule has 0 bridgehead atoms. The van der Waals surface area contributed by atoms with Crippen molar-refractivity contribution in [3.05, 3.63) is 35.1 Å². The molecule has 0 radical (unpaired) electrons. The van der Waals surface area contributed by atoms with E-state index in [1.165, 1.54) is 11.6 Å². The van der Waals surface area contributed by atoms with Gasteiger partial charge in [0.1, 0.15) is 5.82 Å². The smallest absolute Gasteiger partial charge is 0.123 e. The van der Waals surface area contributed by atoms with E-state index >= 15 is 0 Å². The number of fused-ring (bicyclic) bond motifs is 1. The predicted molar refractivity (Wildman–Crippen MR) is 47.6 cm³/mol. The second-order valence-corrected chi connectivity index (χ2v) is 3.26. The van der Waals surface area contributed by atoms with E-state index in [0.717, 1.165) is 18.4 Å². The van der Waals surface area contributed by atoms with Crippen LogP contribution in [0.1, 0.15) is 23.6 Å². The van der Waals surface area contributed by atoms with Crippen molar-refractivity contribution in [1.29, 1.82) is 0 Å². The summed E-state index contributed by atoms with van der Waals surface area (Å²) in [4.78, 5) is 4.85. The summed E-state index contributed by atoms with van der Waals surface area (Å²) in [6.07, 6.45) is 1.98. The van der Waals surface area contributed by atoms with Crippen molar-refractivity contribution in [2.24, 2.45) is 0 Å². The molecule has 0 fully saturated rings. The van der Waals surface area contributed by atoms with Crippen molar-refractivity contribution < 1.29 is 9.23 Å². The van der Waals surface area contributed by atoms with Gasteiger partial charge in [0.15, 0.2) is 0 Å². The molecule has 1 aromatic carbocycles. The van der Waals surface area contributed by atoms with E-state index in [-0.39, 0.29) is 11.9 Å². The van der Waals surface area contributed by atoms with Crippen molar-refractivity contribution in [3.8, 4) is 0 Å². The molecular weight excluding hydrogens is 169 g/mol. The van der Waals surface area contributed by atoms with Gasteiger partial charge in [-0.1, -0.05) is 6.07 Å². The normalized spacial score (nSPS) is 20.3. The summed E-state index contributed by atoms with van der Waals surface area (Å²) < 4.78 is 12.9. The van der Waals surface area contributed by atoms with Crippen LogP contribution in [0.5, 0.6) is 0 Å². The Morgan fingerprint density at radius 2 is 2.38 bits per heavy atom. The van der Waals surface area contributed by atoms with E-state index in [4.69, 9.17) is 4.84 Å². The van der Waals surface area contributed by atoms with Gasteiger partial charge in [-0.3, -0.25) is 0 Å². The maximum Gasteiger partial charge on any atom is 0.123 e. The topological polar surface area (TPSA) is 21.3 Å². The van der Waals surface area contributed by atoms with E-state index in [1.54, 1.807) is 13.2 Å². The summed E-state index contributed by atoms with van der Waals surface area (Å²) in [5.74, 6) is -0.177. The van der Waals surface area contributed by atoms with Crippen LogP contribution in [0.4, 0.5) is 4.39 Å². The third kappa shape index (κ3) is 1.57. The minimum Gasteiger partial charge on any atom is -0.305 e. The highest BCUT2D eigenvalue weighted by Gasteiger charge is 2.22. The van der Waals surface area contributed by atoms with Gasteiger partial charge in [0.2, 0.25) is 0 Å². The molecule has 1 atom stereocenters. The van der Waals surface area contributed by atoms with E-state index in [1.807, 2.05) is 6.07 Å². The molecule has 1 aliphatic rings. The molecule has 0 saturated carbocycles. The van der Waals surface area contributed by atoms with Gasteiger partial charge in [0.05, 0.1) is 13.2 Å². The first-order valence-corrected chi connectivity index (χ1v) is 4.38. The maximum atomic E-state index is 12.9. The number of hydrogen-bond acceptors (Lipinski definition) is 2. The van der Waals surface area contributed by atoms with E-state index in [9.17, 15) is 4.39 Å². The molecule has 70 valence electrons. The quantitative estimate of drug-likeness (QED) is 0.704. The molecule has 1 aromatic rings. The number of nitrogens with one attached hydrogen (secondary N) is 1. The van der Waals surface area contributed by atoms with Crippen molar-refractivity contribution in [2.45, 2.75) is 18.9 Å². The van der Waals surface area contributed by atoms with Crippen LogP contribution >= 0.6 is 0 Å². The summed E-state index contributed by atoms with van der Waals surface area (Å²) >= 11 is 0. The van der Waals surface area contributed by atoms with Crippen LogP contribution in [0.25, 0.3) is 0 Å². The zero-order valence-corrected chi connectivity index (χ0v) is 7.51. The lowest BCUT2D eigenvalue weighted by atomic mass is 10.1. The lowest BCUT2D eigenvalue weighted by Gasteiger charge is -2.11. The average Bonchev–Trinajstić information content (AvgIpc) is 2.49. The molecule has 0 aromatic heterocycles. The van der Waals surface area contributed by atoms with Crippen LogP contribution in [-0.4, -0.2) is 7.11 Å². The fourth-order valence-corrected chi connectivity index (χ4v) is 1.84. The Morgan fingerprint density at radius 1 is 1.54 bits per heavy atom. The molecule has 1 N–H and O–H groups in total. The molecule has 0 spiro atoms. The number of hydrogen-bond donors (Lipinski definition) is 1. The van der Waals surface area contributed by atoms with Crippen molar-refractivity contribution in [3.63, 3.8) is 0 Å². The summed E-state index contributed by atoms with van der Waals surface area (Å²) in [5.41, 5.74) is 5.11. The molecule has 0 heterocycles. The Balaban J connectivity index is 2.29. The van der Waals surface area contributed by atoms with Crippen molar-refractivity contribution >= 4 is 0 Å². The van der Waals surface area contributed by atoms with E-state index in [0.29, 0.717) is 0 Å². The first-order chi connectivity index (χ1) is 6.31. The molecule has 2 nitrogen and oxygen atoms in total. The van der Waals surface area contributed by atoms with Crippen molar-refractivity contribution in [2.75, 3.05) is 7.11 Å². The van der Waals surface area contributed by atoms with Crippen LogP contribution < -0.4 is 5.48 Å². The molecule has 13 heavy (non-hydrogen) atoms. The molecule has 2 rings (SSSR count). The molecule has 1 unspecified atom stereocenters. The third-order valence-corrected chi connectivity index (χ3v) is 2.45. The minimum absolute atomic E-state index is 0.149. The fraction of sp³-hybridized carbons (Fsp3) is 0.400. The standard InChI is InChI=1S/C10H12FNO/c1-13-12-10-5-3-7-2-4-8(11)6-9(7)10/h2,4,6,10,12H,3,5H2,1H3. The third-order valence-electron chi connectivity index (χ3n) is 2.45. The Kier molecular flexibility index (Phi) is 2.29. The monoisotopic (exact) mass is 181 g/mol. The highest BCUT2D eigenvalue weighted by atomic mass is 19.1. The largest absolute Gasteiger partial charge is 0.305 e. The van der Waals surface area contributed by atoms with Gasteiger partial charge in [0, 0.05) is 0 Å². The van der Waals surface area contributed by atoms with Gasteiger partial charge in [-0.2, -0.15) is 5.48 Å². The maximum absolute atomic E-state index is 12.9. The lowest BCUT2D eigenvalue weighted by Crippen LogP contribution is -2.17. The summed E-state index contributed by atoms with van der Waals surface area (Å²) in [6, 6.07) is 5.09. The minimum atomic E-state index is -0.177. The zero-order valence-electron chi connectivity index (χ0n) is 7.51. The van der Waals surface area contributed by atoms with Crippen LogP contribution in [0, 0.1) is 5.82 Å². The molecule has 0 saturated heterocycles. The fourth-order valence-electron chi connectivity index (χ4n) is 1.84. The molecule has 3 heteroatoms. The highest BCUT2D eigenvalue weighted by molar-refractivity contribution is 5.34. The van der Waals surface area contributed by atoms with Gasteiger partial charge < -0.3 is 4.84 Å². The lowest BCUT2D eigenvalue weighted by molar-refractivity contribution is 0.0609. The van der Waals surface area contributed by atoms with Gasteiger partial charge in [0.25, 0.3) is 0 Å². The Bertz CT molecular complexity index is 312. The molecular formula is C10H12FNO. The van der Waals surface area contributed by atoms with E-state index < -0.39 is 0 Å². The number of benzene rings is 1. The predicted octanol–water partition coefficient (Wildman–Crippen LogP) is 1.96. The second kappa shape index (κ2) is 3.44. The SMILES string of the molecule is CONC1CCc2ccc(F)cc21. The first kappa shape index (κ1) is 8.66. The van der Waals surface area contributed by atoms with E-state index in [2.05, 4.69) is 5.48 Å². The number of aryl methyl sites for hydroxylation is 1. The first-order valence-electron chi connectivity index (χ1n) is 4.38. The summed E-state index contributed by atoms with van der Waals surface area (Å²) in [6.45, 7) is 0. The Morgan fingerprint density at radius 3 is 3.15 bits per heavy atom. The van der Waals surface area contributed by atoms with Crippen LogP contribution in [0.2, 0.25) is 0 Å². The summed E-state index contributed by atoms with van der Waals surface area (Å²) in [5, 5.41) is 0. The van der Waals surface area contributed by atoms with Crippen LogP contribution in [0.3, 0.4) is 0 Å². The number of halogens is 1. The van der Waals surface area contributed by atoms with Crippen LogP contribution in [-0.2, 0) is 11.3 Å². The Hall–Kier alpha value is -0.930. The number of rotatable bonds is 2. The second-order valence-electron chi connectivity index (χ2n) is 3.26. The molecule has 1 aliphatic carbocycles. The van der Waals surface area contributed by atoms with Crippen molar-refractivity contribution in [1.82, 2.24) is 5.48 Å². The van der Waals surface area contributed by atoms with Gasteiger partial charge >= 0.3 is 0 Å². The van der Waals surface area contributed by atoms with Gasteiger partial charge in [-0.15, -0.1) is 0 Å². The average molecular weight is 181 g/mol. The number of hydroxylamine groups is 1.